The fourth-order valence-electron chi connectivity index (χ4n) is 2.25. The van der Waals surface area contributed by atoms with E-state index in [1.165, 1.54) is 0 Å². The molecule has 2 rings (SSSR count). The molecule has 0 atom stereocenters. The van der Waals surface area contributed by atoms with Crippen LogP contribution in [0.4, 0.5) is 0 Å². The number of carbonyl (C=O) groups excluding carboxylic acids is 1. The van der Waals surface area contributed by atoms with E-state index in [1.54, 1.807) is 4.68 Å². The van der Waals surface area contributed by atoms with Crippen molar-refractivity contribution in [2.24, 2.45) is 0 Å². The van der Waals surface area contributed by atoms with Crippen LogP contribution in [0.25, 0.3) is 5.69 Å². The highest BCUT2D eigenvalue weighted by atomic mass is 16.2. The SMILES string of the molecule is Cc1cccc(-n2nnc(C(=O)NC(C)C)c2C(C)C)c1. The van der Waals surface area contributed by atoms with Crippen molar-refractivity contribution in [3.63, 3.8) is 0 Å². The number of nitrogens with zero attached hydrogens (tertiary/aromatic N) is 3. The lowest BCUT2D eigenvalue weighted by atomic mass is 10.1. The van der Waals surface area contributed by atoms with Gasteiger partial charge in [0.15, 0.2) is 5.69 Å². The highest BCUT2D eigenvalue weighted by Gasteiger charge is 2.23. The third-order valence-corrected chi connectivity index (χ3v) is 3.13. The summed E-state index contributed by atoms with van der Waals surface area (Å²) in [7, 11) is 0. The first kappa shape index (κ1) is 15.2. The van der Waals surface area contributed by atoms with Crippen molar-refractivity contribution >= 4 is 5.91 Å². The molecule has 0 saturated heterocycles. The second-order valence-corrected chi connectivity index (χ2v) is 5.86. The minimum absolute atomic E-state index is 0.0710. The minimum Gasteiger partial charge on any atom is -0.348 e. The first-order chi connectivity index (χ1) is 9.90. The molecular weight excluding hydrogens is 264 g/mol. The minimum atomic E-state index is -0.174. The zero-order chi connectivity index (χ0) is 15.6. The van der Waals surface area contributed by atoms with Gasteiger partial charge >= 0.3 is 0 Å². The molecule has 0 aliphatic carbocycles. The maximum atomic E-state index is 12.3. The number of hydrogen-bond donors (Lipinski definition) is 1. The molecule has 0 aliphatic rings. The van der Waals surface area contributed by atoms with Crippen molar-refractivity contribution in [1.82, 2.24) is 20.3 Å². The average molecular weight is 286 g/mol. The van der Waals surface area contributed by atoms with Crippen molar-refractivity contribution in [1.29, 1.82) is 0 Å². The number of nitrogens with one attached hydrogen (secondary N) is 1. The Bertz CT molecular complexity index is 643. The summed E-state index contributed by atoms with van der Waals surface area (Å²) in [6, 6.07) is 8.08. The molecule has 2 aromatic rings. The van der Waals surface area contributed by atoms with E-state index >= 15 is 0 Å². The Labute approximate surface area is 125 Å². The van der Waals surface area contributed by atoms with Crippen LogP contribution in [0.2, 0.25) is 0 Å². The van der Waals surface area contributed by atoms with E-state index in [4.69, 9.17) is 0 Å². The van der Waals surface area contributed by atoms with E-state index in [0.717, 1.165) is 16.9 Å². The van der Waals surface area contributed by atoms with Gasteiger partial charge in [-0.3, -0.25) is 4.79 Å². The lowest BCUT2D eigenvalue weighted by Crippen LogP contribution is -2.31. The fraction of sp³-hybridized carbons (Fsp3) is 0.438. The van der Waals surface area contributed by atoms with Crippen molar-refractivity contribution in [3.05, 3.63) is 41.2 Å². The summed E-state index contributed by atoms with van der Waals surface area (Å²) in [6.07, 6.45) is 0. The Hall–Kier alpha value is -2.17. The maximum absolute atomic E-state index is 12.3. The van der Waals surface area contributed by atoms with Crippen molar-refractivity contribution < 1.29 is 4.79 Å². The van der Waals surface area contributed by atoms with E-state index < -0.39 is 0 Å². The van der Waals surface area contributed by atoms with E-state index in [-0.39, 0.29) is 17.9 Å². The van der Waals surface area contributed by atoms with E-state index in [0.29, 0.717) is 5.69 Å². The largest absolute Gasteiger partial charge is 0.348 e. The van der Waals surface area contributed by atoms with Gasteiger partial charge < -0.3 is 5.32 Å². The number of benzene rings is 1. The second-order valence-electron chi connectivity index (χ2n) is 5.86. The van der Waals surface area contributed by atoms with Gasteiger partial charge in [-0.05, 0) is 44.4 Å². The molecule has 5 nitrogen and oxygen atoms in total. The van der Waals surface area contributed by atoms with Crippen LogP contribution in [0.1, 0.15) is 55.4 Å². The first-order valence-corrected chi connectivity index (χ1v) is 7.23. The summed E-state index contributed by atoms with van der Waals surface area (Å²) in [5, 5.41) is 11.2. The van der Waals surface area contributed by atoms with Crippen LogP contribution in [0.15, 0.2) is 24.3 Å². The van der Waals surface area contributed by atoms with Crippen LogP contribution in [-0.2, 0) is 0 Å². The Morgan fingerprint density at radius 2 is 1.95 bits per heavy atom. The molecule has 1 heterocycles. The summed E-state index contributed by atoms with van der Waals surface area (Å²) in [5.74, 6) is -0.0268. The standard InChI is InChI=1S/C16H22N4O/c1-10(2)15-14(16(21)17-11(3)4)18-19-20(15)13-8-6-7-12(5)9-13/h6-11H,1-5H3,(H,17,21). The smallest absolute Gasteiger partial charge is 0.273 e. The van der Waals surface area contributed by atoms with Gasteiger partial charge in [-0.2, -0.15) is 0 Å². The van der Waals surface area contributed by atoms with Crippen LogP contribution in [0, 0.1) is 6.92 Å². The van der Waals surface area contributed by atoms with Crippen LogP contribution < -0.4 is 5.32 Å². The summed E-state index contributed by atoms with van der Waals surface area (Å²) >= 11 is 0. The monoisotopic (exact) mass is 286 g/mol. The maximum Gasteiger partial charge on any atom is 0.273 e. The molecule has 112 valence electrons. The molecular formula is C16H22N4O. The molecule has 0 bridgehead atoms. The molecule has 0 fully saturated rings. The summed E-state index contributed by atoms with van der Waals surface area (Å²) in [4.78, 5) is 12.3. The number of rotatable bonds is 4. The predicted molar refractivity (Wildman–Crippen MR) is 82.8 cm³/mol. The predicted octanol–water partition coefficient (Wildman–Crippen LogP) is 2.84. The van der Waals surface area contributed by atoms with Gasteiger partial charge in [0, 0.05) is 6.04 Å². The van der Waals surface area contributed by atoms with E-state index in [9.17, 15) is 4.79 Å². The molecule has 1 aromatic carbocycles. The van der Waals surface area contributed by atoms with E-state index in [2.05, 4.69) is 15.6 Å². The van der Waals surface area contributed by atoms with Crippen LogP contribution >= 0.6 is 0 Å². The highest BCUT2D eigenvalue weighted by Crippen LogP contribution is 2.22. The van der Waals surface area contributed by atoms with Crippen molar-refractivity contribution in [3.8, 4) is 5.69 Å². The van der Waals surface area contributed by atoms with Gasteiger partial charge in [0.2, 0.25) is 0 Å². The molecule has 5 heteroatoms. The molecule has 1 amide bonds. The van der Waals surface area contributed by atoms with Gasteiger partial charge in [0.25, 0.3) is 5.91 Å². The lowest BCUT2D eigenvalue weighted by molar-refractivity contribution is 0.0936. The Morgan fingerprint density at radius 3 is 2.52 bits per heavy atom. The summed E-state index contributed by atoms with van der Waals surface area (Å²) < 4.78 is 1.76. The third kappa shape index (κ3) is 3.29. The zero-order valence-electron chi connectivity index (χ0n) is 13.2. The molecule has 0 aliphatic heterocycles. The molecule has 0 radical (unpaired) electrons. The number of aryl methyl sites for hydroxylation is 1. The molecule has 0 unspecified atom stereocenters. The molecule has 0 saturated carbocycles. The molecule has 1 aromatic heterocycles. The Balaban J connectivity index is 2.49. The Morgan fingerprint density at radius 1 is 1.24 bits per heavy atom. The van der Waals surface area contributed by atoms with Gasteiger partial charge in [-0.15, -0.1) is 5.10 Å². The number of carbonyl (C=O) groups is 1. The second kappa shape index (κ2) is 6.08. The van der Waals surface area contributed by atoms with Crippen molar-refractivity contribution in [2.45, 2.75) is 46.6 Å². The summed E-state index contributed by atoms with van der Waals surface area (Å²) in [5.41, 5.74) is 3.31. The molecule has 0 spiro atoms. The molecule has 1 N–H and O–H groups in total. The first-order valence-electron chi connectivity index (χ1n) is 7.23. The zero-order valence-corrected chi connectivity index (χ0v) is 13.2. The number of hydrogen-bond acceptors (Lipinski definition) is 3. The highest BCUT2D eigenvalue weighted by molar-refractivity contribution is 5.93. The van der Waals surface area contributed by atoms with Crippen molar-refractivity contribution in [2.75, 3.05) is 0 Å². The Kier molecular flexibility index (Phi) is 4.40. The van der Waals surface area contributed by atoms with E-state index in [1.807, 2.05) is 58.9 Å². The van der Waals surface area contributed by atoms with Gasteiger partial charge in [-0.1, -0.05) is 31.2 Å². The van der Waals surface area contributed by atoms with Crippen LogP contribution in [0.3, 0.4) is 0 Å². The van der Waals surface area contributed by atoms with Crippen LogP contribution in [-0.4, -0.2) is 26.9 Å². The normalized spacial score (nSPS) is 11.2. The van der Waals surface area contributed by atoms with Crippen LogP contribution in [0.5, 0.6) is 0 Å². The van der Waals surface area contributed by atoms with Gasteiger partial charge in [-0.25, -0.2) is 4.68 Å². The fourth-order valence-corrected chi connectivity index (χ4v) is 2.25. The average Bonchev–Trinajstić information content (AvgIpc) is 2.82. The quantitative estimate of drug-likeness (QED) is 0.940. The molecule has 21 heavy (non-hydrogen) atoms. The topological polar surface area (TPSA) is 59.8 Å². The third-order valence-electron chi connectivity index (χ3n) is 3.13. The summed E-state index contributed by atoms with van der Waals surface area (Å²) in [6.45, 7) is 9.96. The van der Waals surface area contributed by atoms with Gasteiger partial charge in [0.1, 0.15) is 0 Å². The number of aromatic nitrogens is 3. The van der Waals surface area contributed by atoms with Gasteiger partial charge in [0.05, 0.1) is 11.4 Å². The number of amides is 1. The lowest BCUT2D eigenvalue weighted by Gasteiger charge is -2.12.